The van der Waals surface area contributed by atoms with Crippen LogP contribution in [0, 0.1) is 5.92 Å². The van der Waals surface area contributed by atoms with E-state index in [0.717, 1.165) is 38.3 Å². The minimum Gasteiger partial charge on any atom is -0.381 e. The first-order chi connectivity index (χ1) is 10.4. The third kappa shape index (κ3) is 3.34. The molecule has 112 valence electrons. The van der Waals surface area contributed by atoms with Gasteiger partial charge in [-0.3, -0.25) is 0 Å². The van der Waals surface area contributed by atoms with Crippen molar-refractivity contribution in [1.29, 1.82) is 0 Å². The van der Waals surface area contributed by atoms with Crippen molar-refractivity contribution in [3.05, 3.63) is 48.3 Å². The highest BCUT2D eigenvalue weighted by Crippen LogP contribution is 2.29. The highest BCUT2D eigenvalue weighted by molar-refractivity contribution is 5.31. The van der Waals surface area contributed by atoms with Crippen LogP contribution in [0.15, 0.2) is 42.7 Å². The van der Waals surface area contributed by atoms with E-state index in [1.165, 1.54) is 5.56 Å². The quantitative estimate of drug-likeness (QED) is 0.887. The molecule has 4 nitrogen and oxygen atoms in total. The van der Waals surface area contributed by atoms with E-state index >= 15 is 0 Å². The Morgan fingerprint density at radius 3 is 2.95 bits per heavy atom. The average molecular weight is 285 g/mol. The van der Waals surface area contributed by atoms with Crippen LogP contribution >= 0.6 is 0 Å². The molecule has 1 aromatic carbocycles. The van der Waals surface area contributed by atoms with Gasteiger partial charge >= 0.3 is 0 Å². The molecule has 1 aliphatic heterocycles. The van der Waals surface area contributed by atoms with Crippen LogP contribution in [0.25, 0.3) is 5.69 Å². The number of aromatic nitrogens is 2. The summed E-state index contributed by atoms with van der Waals surface area (Å²) in [5.74, 6) is 0.546. The minimum atomic E-state index is 0.338. The van der Waals surface area contributed by atoms with Crippen LogP contribution in [0.2, 0.25) is 0 Å². The first-order valence-corrected chi connectivity index (χ1v) is 7.79. The van der Waals surface area contributed by atoms with E-state index < -0.39 is 0 Å². The van der Waals surface area contributed by atoms with E-state index in [0.29, 0.717) is 12.0 Å². The molecule has 0 amide bonds. The fraction of sp³-hybridized carbons (Fsp3) is 0.471. The molecule has 0 radical (unpaired) electrons. The monoisotopic (exact) mass is 285 g/mol. The number of nitrogens with one attached hydrogen (secondary N) is 1. The van der Waals surface area contributed by atoms with Gasteiger partial charge in [0.2, 0.25) is 0 Å². The summed E-state index contributed by atoms with van der Waals surface area (Å²) in [6.45, 7) is 4.94. The molecule has 21 heavy (non-hydrogen) atoms. The zero-order valence-corrected chi connectivity index (χ0v) is 12.5. The van der Waals surface area contributed by atoms with Crippen LogP contribution in [0.5, 0.6) is 0 Å². The van der Waals surface area contributed by atoms with Crippen LogP contribution in [0.3, 0.4) is 0 Å². The Morgan fingerprint density at radius 1 is 1.38 bits per heavy atom. The second-order valence-electron chi connectivity index (χ2n) is 5.61. The Balaban J connectivity index is 1.80. The summed E-state index contributed by atoms with van der Waals surface area (Å²) in [7, 11) is 0. The van der Waals surface area contributed by atoms with Crippen LogP contribution in [-0.2, 0) is 4.74 Å². The van der Waals surface area contributed by atoms with Crippen LogP contribution in [0.1, 0.15) is 31.4 Å². The van der Waals surface area contributed by atoms with Crippen LogP contribution in [-0.4, -0.2) is 29.5 Å². The van der Waals surface area contributed by atoms with Gasteiger partial charge in [-0.15, -0.1) is 0 Å². The summed E-state index contributed by atoms with van der Waals surface area (Å²) < 4.78 is 7.51. The van der Waals surface area contributed by atoms with E-state index in [1.807, 2.05) is 29.1 Å². The van der Waals surface area contributed by atoms with Gasteiger partial charge in [-0.1, -0.05) is 25.1 Å². The van der Waals surface area contributed by atoms with Crippen molar-refractivity contribution < 1.29 is 4.74 Å². The van der Waals surface area contributed by atoms with Gasteiger partial charge in [-0.2, -0.15) is 5.10 Å². The zero-order valence-electron chi connectivity index (χ0n) is 12.5. The topological polar surface area (TPSA) is 39.1 Å². The molecule has 1 aliphatic rings. The molecule has 0 spiro atoms. The van der Waals surface area contributed by atoms with Crippen LogP contribution in [0.4, 0.5) is 0 Å². The van der Waals surface area contributed by atoms with Crippen molar-refractivity contribution in [1.82, 2.24) is 15.1 Å². The van der Waals surface area contributed by atoms with Crippen molar-refractivity contribution in [2.75, 3.05) is 19.8 Å². The van der Waals surface area contributed by atoms with Gasteiger partial charge in [0.05, 0.1) is 18.5 Å². The summed E-state index contributed by atoms with van der Waals surface area (Å²) in [5, 5.41) is 8.18. The van der Waals surface area contributed by atoms with Crippen molar-refractivity contribution in [3.8, 4) is 5.69 Å². The normalized spacial score (nSPS) is 19.8. The first kappa shape index (κ1) is 14.3. The lowest BCUT2D eigenvalue weighted by molar-refractivity contribution is 0.176. The van der Waals surface area contributed by atoms with E-state index in [2.05, 4.69) is 35.7 Å². The number of hydrogen-bond donors (Lipinski definition) is 1. The molecule has 0 bridgehead atoms. The number of rotatable bonds is 6. The SMILES string of the molecule is CCCNC(c1cnn(-c2ccccc2)c1)C1CCOC1. The smallest absolute Gasteiger partial charge is 0.0645 e. The number of hydrogen-bond acceptors (Lipinski definition) is 3. The Bertz CT molecular complexity index is 546. The van der Waals surface area contributed by atoms with Crippen molar-refractivity contribution in [2.45, 2.75) is 25.8 Å². The molecule has 1 N–H and O–H groups in total. The molecular weight excluding hydrogens is 262 g/mol. The van der Waals surface area contributed by atoms with Gasteiger partial charge < -0.3 is 10.1 Å². The lowest BCUT2D eigenvalue weighted by Crippen LogP contribution is -2.29. The van der Waals surface area contributed by atoms with Gasteiger partial charge in [0.25, 0.3) is 0 Å². The second-order valence-corrected chi connectivity index (χ2v) is 5.61. The van der Waals surface area contributed by atoms with Crippen molar-refractivity contribution in [2.24, 2.45) is 5.92 Å². The summed E-state index contributed by atoms with van der Waals surface area (Å²) in [6.07, 6.45) is 6.38. The third-order valence-corrected chi connectivity index (χ3v) is 4.03. The maximum Gasteiger partial charge on any atom is 0.0645 e. The van der Waals surface area contributed by atoms with Gasteiger partial charge in [-0.05, 0) is 31.5 Å². The van der Waals surface area contributed by atoms with Gasteiger partial charge in [0, 0.05) is 30.3 Å². The maximum absolute atomic E-state index is 5.56. The summed E-state index contributed by atoms with van der Waals surface area (Å²) in [5.41, 5.74) is 2.35. The number of benzene rings is 1. The molecule has 2 aromatic rings. The zero-order chi connectivity index (χ0) is 14.5. The predicted molar refractivity (Wildman–Crippen MR) is 83.5 cm³/mol. The Labute approximate surface area is 126 Å². The van der Waals surface area contributed by atoms with E-state index in [1.54, 1.807) is 0 Å². The lowest BCUT2D eigenvalue weighted by atomic mass is 9.94. The molecule has 2 unspecified atom stereocenters. The van der Waals surface area contributed by atoms with E-state index in [9.17, 15) is 0 Å². The van der Waals surface area contributed by atoms with E-state index in [4.69, 9.17) is 4.74 Å². The number of nitrogens with zero attached hydrogens (tertiary/aromatic N) is 2. The first-order valence-electron chi connectivity index (χ1n) is 7.79. The predicted octanol–water partition coefficient (Wildman–Crippen LogP) is 2.95. The summed E-state index contributed by atoms with van der Waals surface area (Å²) >= 11 is 0. The molecule has 1 saturated heterocycles. The minimum absolute atomic E-state index is 0.338. The average Bonchev–Trinajstić information content (AvgIpc) is 3.21. The molecule has 0 saturated carbocycles. The summed E-state index contributed by atoms with van der Waals surface area (Å²) in [4.78, 5) is 0. The van der Waals surface area contributed by atoms with Crippen molar-refractivity contribution in [3.63, 3.8) is 0 Å². The van der Waals surface area contributed by atoms with Gasteiger partial charge in [0.1, 0.15) is 0 Å². The van der Waals surface area contributed by atoms with Crippen molar-refractivity contribution >= 4 is 0 Å². The molecule has 4 heteroatoms. The van der Waals surface area contributed by atoms with Gasteiger partial charge in [-0.25, -0.2) is 4.68 Å². The molecule has 3 rings (SSSR count). The largest absolute Gasteiger partial charge is 0.381 e. The lowest BCUT2D eigenvalue weighted by Gasteiger charge is -2.22. The van der Waals surface area contributed by atoms with Gasteiger partial charge in [0.15, 0.2) is 0 Å². The number of para-hydroxylation sites is 1. The Kier molecular flexibility index (Phi) is 4.68. The Morgan fingerprint density at radius 2 is 2.24 bits per heavy atom. The molecule has 2 heterocycles. The molecule has 1 aromatic heterocycles. The highest BCUT2D eigenvalue weighted by Gasteiger charge is 2.27. The van der Waals surface area contributed by atoms with Crippen LogP contribution < -0.4 is 5.32 Å². The maximum atomic E-state index is 5.56. The third-order valence-electron chi connectivity index (χ3n) is 4.03. The standard InChI is InChI=1S/C17H23N3O/c1-2-9-18-17(14-8-10-21-13-14)15-11-19-20(12-15)16-6-4-3-5-7-16/h3-7,11-12,14,17-18H,2,8-10,13H2,1H3. The second kappa shape index (κ2) is 6.87. The molecule has 2 atom stereocenters. The fourth-order valence-electron chi connectivity index (χ4n) is 2.89. The molecule has 1 fully saturated rings. The highest BCUT2D eigenvalue weighted by atomic mass is 16.5. The van der Waals surface area contributed by atoms with E-state index in [-0.39, 0.29) is 0 Å². The molecular formula is C17H23N3O. The Hall–Kier alpha value is -1.65. The fourth-order valence-corrected chi connectivity index (χ4v) is 2.89. The summed E-state index contributed by atoms with van der Waals surface area (Å²) in [6, 6.07) is 10.6. The molecule has 0 aliphatic carbocycles. The number of ether oxygens (including phenoxy) is 1.